The Kier molecular flexibility index (Phi) is 1.61. The zero-order chi connectivity index (χ0) is 8.55. The van der Waals surface area contributed by atoms with Gasteiger partial charge >= 0.3 is 0 Å². The average Bonchev–Trinajstić information content (AvgIpc) is 2.50. The van der Waals surface area contributed by atoms with Crippen LogP contribution in [0.3, 0.4) is 0 Å². The van der Waals surface area contributed by atoms with Gasteiger partial charge in [-0.05, 0) is 24.5 Å². The van der Waals surface area contributed by atoms with Gasteiger partial charge in [-0.3, -0.25) is 0 Å². The Balaban J connectivity index is 2.80. The van der Waals surface area contributed by atoms with E-state index in [0.717, 1.165) is 6.42 Å². The smallest absolute Gasteiger partial charge is 0.0992 e. The molecule has 0 N–H and O–H groups in total. The van der Waals surface area contributed by atoms with Crippen LogP contribution in [0.1, 0.15) is 18.1 Å². The molecule has 0 saturated heterocycles. The lowest BCUT2D eigenvalue weighted by molar-refractivity contribution is 1.07. The quantitative estimate of drug-likeness (QED) is 0.625. The highest BCUT2D eigenvalue weighted by Gasteiger charge is 1.99. The number of aryl methyl sites for hydroxylation is 2. The van der Waals surface area contributed by atoms with Gasteiger partial charge < -0.3 is 4.40 Å². The Morgan fingerprint density at radius 2 is 2.33 bits per heavy atom. The zero-order valence-corrected chi connectivity index (χ0v) is 7.41. The van der Waals surface area contributed by atoms with Gasteiger partial charge in [-0.1, -0.05) is 13.0 Å². The van der Waals surface area contributed by atoms with Gasteiger partial charge in [-0.15, -0.1) is 0 Å². The van der Waals surface area contributed by atoms with Gasteiger partial charge in [-0.25, -0.2) is 4.98 Å². The molecule has 0 unspecified atom stereocenters. The highest BCUT2D eigenvalue weighted by atomic mass is 15.0. The highest BCUT2D eigenvalue weighted by Crippen LogP contribution is 2.12. The molecule has 0 aromatic carbocycles. The summed E-state index contributed by atoms with van der Waals surface area (Å²) in [5.74, 6) is 0. The molecule has 0 aliphatic rings. The fourth-order valence-corrected chi connectivity index (χ4v) is 1.54. The zero-order valence-electron chi connectivity index (χ0n) is 7.41. The summed E-state index contributed by atoms with van der Waals surface area (Å²) in [5, 5.41) is 0. The standard InChI is InChI=1S/C10H12N2/c1-3-9-4-8(2)6-12-7-11-5-10(9)12/h4-7H,3H2,1-2H3. The number of pyridine rings is 1. The summed E-state index contributed by atoms with van der Waals surface area (Å²) in [6, 6.07) is 2.22. The number of fused-ring (bicyclic) bond motifs is 1. The number of hydrogen-bond donors (Lipinski definition) is 0. The molecule has 2 rings (SSSR count). The van der Waals surface area contributed by atoms with Crippen LogP contribution in [-0.2, 0) is 6.42 Å². The molecular weight excluding hydrogens is 148 g/mol. The summed E-state index contributed by atoms with van der Waals surface area (Å²) in [6.07, 6.45) is 6.93. The molecule has 0 saturated carbocycles. The minimum absolute atomic E-state index is 1.07. The molecule has 2 heterocycles. The SMILES string of the molecule is CCc1cc(C)cn2cncc12. The summed E-state index contributed by atoms with van der Waals surface area (Å²) in [5.41, 5.74) is 3.88. The molecule has 0 amide bonds. The predicted octanol–water partition coefficient (Wildman–Crippen LogP) is 2.21. The van der Waals surface area contributed by atoms with E-state index in [1.165, 1.54) is 16.6 Å². The Labute approximate surface area is 71.9 Å². The number of nitrogens with zero attached hydrogens (tertiary/aromatic N) is 2. The van der Waals surface area contributed by atoms with E-state index in [1.54, 1.807) is 0 Å². The summed E-state index contributed by atoms with van der Waals surface area (Å²) >= 11 is 0. The lowest BCUT2D eigenvalue weighted by Gasteiger charge is -2.02. The van der Waals surface area contributed by atoms with Crippen molar-refractivity contribution < 1.29 is 0 Å². The molecule has 0 aliphatic heterocycles. The summed E-state index contributed by atoms with van der Waals surface area (Å²) < 4.78 is 2.08. The van der Waals surface area contributed by atoms with Crippen molar-refractivity contribution in [2.75, 3.05) is 0 Å². The van der Waals surface area contributed by atoms with E-state index in [0.29, 0.717) is 0 Å². The molecule has 2 heteroatoms. The topological polar surface area (TPSA) is 17.3 Å². The van der Waals surface area contributed by atoms with E-state index in [2.05, 4.69) is 35.5 Å². The van der Waals surface area contributed by atoms with Crippen LogP contribution in [0, 0.1) is 6.92 Å². The molecule has 0 fully saturated rings. The number of rotatable bonds is 1. The van der Waals surface area contributed by atoms with Crippen LogP contribution in [0.15, 0.2) is 24.8 Å². The third-order valence-electron chi connectivity index (χ3n) is 2.12. The van der Waals surface area contributed by atoms with Gasteiger partial charge in [-0.2, -0.15) is 0 Å². The molecular formula is C10H12N2. The first-order valence-electron chi connectivity index (χ1n) is 4.22. The lowest BCUT2D eigenvalue weighted by Crippen LogP contribution is -1.90. The van der Waals surface area contributed by atoms with Gasteiger partial charge in [0, 0.05) is 6.20 Å². The van der Waals surface area contributed by atoms with E-state index >= 15 is 0 Å². The lowest BCUT2D eigenvalue weighted by atomic mass is 10.1. The minimum Gasteiger partial charge on any atom is -0.306 e. The third kappa shape index (κ3) is 0.998. The van der Waals surface area contributed by atoms with Gasteiger partial charge in [0.15, 0.2) is 0 Å². The predicted molar refractivity (Wildman–Crippen MR) is 49.3 cm³/mol. The monoisotopic (exact) mass is 160 g/mol. The van der Waals surface area contributed by atoms with Crippen LogP contribution in [0.25, 0.3) is 5.52 Å². The average molecular weight is 160 g/mol. The molecule has 0 aliphatic carbocycles. The largest absolute Gasteiger partial charge is 0.306 e. The van der Waals surface area contributed by atoms with Crippen molar-refractivity contribution in [3.63, 3.8) is 0 Å². The van der Waals surface area contributed by atoms with Gasteiger partial charge in [0.2, 0.25) is 0 Å². The summed E-state index contributed by atoms with van der Waals surface area (Å²) in [6.45, 7) is 4.28. The second-order valence-corrected chi connectivity index (χ2v) is 3.08. The van der Waals surface area contributed by atoms with Crippen LogP contribution in [0.4, 0.5) is 0 Å². The van der Waals surface area contributed by atoms with Crippen molar-refractivity contribution in [3.05, 3.63) is 35.9 Å². The van der Waals surface area contributed by atoms with E-state index in [4.69, 9.17) is 0 Å². The van der Waals surface area contributed by atoms with Crippen molar-refractivity contribution in [2.24, 2.45) is 0 Å². The second-order valence-electron chi connectivity index (χ2n) is 3.08. The first-order valence-corrected chi connectivity index (χ1v) is 4.22. The Bertz CT molecular complexity index is 401. The maximum absolute atomic E-state index is 4.11. The highest BCUT2D eigenvalue weighted by molar-refractivity contribution is 5.54. The fourth-order valence-electron chi connectivity index (χ4n) is 1.54. The molecule has 2 nitrogen and oxygen atoms in total. The van der Waals surface area contributed by atoms with Crippen molar-refractivity contribution in [2.45, 2.75) is 20.3 Å². The van der Waals surface area contributed by atoms with Crippen molar-refractivity contribution in [1.29, 1.82) is 0 Å². The van der Waals surface area contributed by atoms with Gasteiger partial charge in [0.05, 0.1) is 18.0 Å². The molecule has 2 aromatic rings. The Morgan fingerprint density at radius 3 is 3.08 bits per heavy atom. The van der Waals surface area contributed by atoms with Gasteiger partial charge in [0.1, 0.15) is 0 Å². The van der Waals surface area contributed by atoms with Crippen molar-refractivity contribution >= 4 is 5.52 Å². The molecule has 0 spiro atoms. The molecule has 2 aromatic heterocycles. The van der Waals surface area contributed by atoms with Crippen molar-refractivity contribution in [3.8, 4) is 0 Å². The van der Waals surface area contributed by atoms with Crippen LogP contribution >= 0.6 is 0 Å². The molecule has 0 radical (unpaired) electrons. The Hall–Kier alpha value is -1.31. The number of aromatic nitrogens is 2. The minimum atomic E-state index is 1.07. The van der Waals surface area contributed by atoms with E-state index in [9.17, 15) is 0 Å². The van der Waals surface area contributed by atoms with Crippen LogP contribution in [0.2, 0.25) is 0 Å². The molecule has 62 valence electrons. The van der Waals surface area contributed by atoms with Gasteiger partial charge in [0.25, 0.3) is 0 Å². The van der Waals surface area contributed by atoms with Crippen LogP contribution in [-0.4, -0.2) is 9.38 Å². The second kappa shape index (κ2) is 2.63. The normalized spacial score (nSPS) is 10.8. The molecule has 12 heavy (non-hydrogen) atoms. The van der Waals surface area contributed by atoms with E-state index in [-0.39, 0.29) is 0 Å². The summed E-state index contributed by atoms with van der Waals surface area (Å²) in [4.78, 5) is 4.11. The van der Waals surface area contributed by atoms with Crippen LogP contribution in [0.5, 0.6) is 0 Å². The first kappa shape index (κ1) is 7.35. The molecule has 0 bridgehead atoms. The number of imidazole rings is 1. The maximum atomic E-state index is 4.11. The van der Waals surface area contributed by atoms with Crippen molar-refractivity contribution in [1.82, 2.24) is 9.38 Å². The van der Waals surface area contributed by atoms with E-state index in [1.807, 2.05) is 12.5 Å². The van der Waals surface area contributed by atoms with E-state index < -0.39 is 0 Å². The Morgan fingerprint density at radius 1 is 1.50 bits per heavy atom. The molecule has 0 atom stereocenters. The number of hydrogen-bond acceptors (Lipinski definition) is 1. The summed E-state index contributed by atoms with van der Waals surface area (Å²) in [7, 11) is 0. The third-order valence-corrected chi connectivity index (χ3v) is 2.12. The maximum Gasteiger partial charge on any atom is 0.0992 e. The van der Waals surface area contributed by atoms with Crippen LogP contribution < -0.4 is 0 Å². The fraction of sp³-hybridized carbons (Fsp3) is 0.300. The first-order chi connectivity index (χ1) is 5.81.